The lowest BCUT2D eigenvalue weighted by Gasteiger charge is -2.41. The summed E-state index contributed by atoms with van der Waals surface area (Å²) < 4.78 is 43.2. The Morgan fingerprint density at radius 3 is 0.875 bits per heavy atom. The molecule has 16 heteroatoms. The number of esters is 8. The highest BCUT2D eigenvalue weighted by atomic mass is 16.6. The lowest BCUT2D eigenvalue weighted by molar-refractivity contribution is -0.155. The molecule has 32 aliphatic carbocycles. The Balaban J connectivity index is 0.0000000862. The molecule has 0 aromatic carbocycles. The van der Waals surface area contributed by atoms with Gasteiger partial charge in [-0.2, -0.15) is 0 Å². The van der Waals surface area contributed by atoms with E-state index in [1.807, 2.05) is 0 Å². The summed E-state index contributed by atoms with van der Waals surface area (Å²) >= 11 is 0. The molecule has 62 unspecified atom stereocenters. The van der Waals surface area contributed by atoms with E-state index in [0.29, 0.717) is 80.4 Å². The van der Waals surface area contributed by atoms with Gasteiger partial charge in [0.25, 0.3) is 0 Å². The van der Waals surface area contributed by atoms with Crippen molar-refractivity contribution in [2.24, 2.45) is 349 Å². The van der Waals surface area contributed by atoms with Gasteiger partial charge in [-0.05, 0) is 472 Å². The highest BCUT2D eigenvalue weighted by molar-refractivity contribution is 5.69. The van der Waals surface area contributed by atoms with Gasteiger partial charge >= 0.3 is 47.8 Å². The molecule has 32 aliphatic rings. The van der Waals surface area contributed by atoms with E-state index in [0.717, 1.165) is 321 Å². The molecule has 0 aromatic rings. The van der Waals surface area contributed by atoms with Gasteiger partial charge in [-0.1, -0.05) is 152 Å². The standard InChI is InChI=1S/C18H26O2.2C17H24O2.2C16H22O2.2C15H20O2.C14H18O2/c1-3-13-14(6-7-20-10(2)19)16-9-15(13)17-11-4-5-12(8-11)18(16)17;1-9-13(5-6-19-10(2)18)15-8-14(9)16-11-3-4-12(7-11)17(15)16;1-3-12-13-7-14(15(12)8-19-9(2)18)17-11-5-4-10(6-11)16(13)17;1-8-12-6-13(14(8)7-18-9(2)17)16-11-4-3-10(5-11)15(12)16;1-3-11-12-7-13(16(11)18-8(2)17)15-10-5-4-9(6-10)14(12)15;1-7-11-6-12(15(7)17-8(2)16)14-10-4-3-9(5-10)13(11)14;1-8(16)17-7-12-5-11-6-13(12)15-10-3-2-9(4-10)14(11)15;1-7(15)16-12-6-10-5-11(12)14-9-3-2-8(4-9)13(10)14/h4-5,11-18H,3,6-9H2,1-2H3;3-4,9,11-17H,5-8H2,1-2H3;4-5,10-17H,3,6-8H2,1-2H3;3-4,8,10-16H,5-7H2,1-2H3;4-5,9-16H,3,6-7H2,1-2H3;3-4,7,9-15H,5-6H2,1-2H3;2-3,9-15H,4-7H2,1H3;2-3,8-14H,4-6H2,1H3. The topological polar surface area (TPSA) is 210 Å². The minimum Gasteiger partial charge on any atom is -0.466 e. The maximum Gasteiger partial charge on any atom is 0.302 e. The zero-order chi connectivity index (χ0) is 99.2. The number of allylic oxidation sites excluding steroid dienone is 16. The van der Waals surface area contributed by atoms with Gasteiger partial charge in [0.2, 0.25) is 0 Å². The number of carbonyl (C=O) groups is 8. The molecule has 24 fully saturated rings. The van der Waals surface area contributed by atoms with E-state index < -0.39 is 0 Å². The van der Waals surface area contributed by atoms with Crippen LogP contribution in [0, 0.1) is 349 Å². The van der Waals surface area contributed by atoms with Crippen LogP contribution in [0.25, 0.3) is 0 Å². The Morgan fingerprint density at radius 1 is 0.208 bits per heavy atom. The molecule has 0 saturated heterocycles. The van der Waals surface area contributed by atoms with Crippen molar-refractivity contribution < 1.29 is 76.3 Å². The number of hydrogen-bond acceptors (Lipinski definition) is 16. The predicted octanol–water partition coefficient (Wildman–Crippen LogP) is 23.8. The molecule has 0 aliphatic heterocycles. The van der Waals surface area contributed by atoms with E-state index in [2.05, 4.69) is 139 Å². The third kappa shape index (κ3) is 16.1. The highest BCUT2D eigenvalue weighted by Gasteiger charge is 2.72. The number of hydrogen-bond donors (Lipinski definition) is 0. The Kier molecular flexibility index (Phi) is 26.3. The predicted molar refractivity (Wildman–Crippen MR) is 549 cm³/mol. The van der Waals surface area contributed by atoms with Gasteiger partial charge in [-0.15, -0.1) is 0 Å². The second-order valence-electron chi connectivity index (χ2n) is 55.2. The van der Waals surface area contributed by atoms with Crippen LogP contribution < -0.4 is 0 Å². The zero-order valence-electron chi connectivity index (χ0n) is 89.4. The number of rotatable bonds is 18. The van der Waals surface area contributed by atoms with E-state index in [9.17, 15) is 38.4 Å². The lowest BCUT2D eigenvalue weighted by atomic mass is 9.63. The van der Waals surface area contributed by atoms with Crippen LogP contribution in [0.1, 0.15) is 245 Å². The lowest BCUT2D eigenvalue weighted by Crippen LogP contribution is -2.42. The average molecular weight is 1970 g/mol. The van der Waals surface area contributed by atoms with Crippen molar-refractivity contribution in [2.75, 3.05) is 33.0 Å². The van der Waals surface area contributed by atoms with Gasteiger partial charge < -0.3 is 37.9 Å². The van der Waals surface area contributed by atoms with Crippen LogP contribution in [-0.2, 0) is 76.3 Å². The molecule has 0 aromatic heterocycles. The Hall–Kier alpha value is -6.32. The number of ether oxygens (including phenoxy) is 8. The summed E-state index contributed by atoms with van der Waals surface area (Å²) in [4.78, 5) is 88.7. The third-order valence-electron chi connectivity index (χ3n) is 50.7. The summed E-state index contributed by atoms with van der Waals surface area (Å²) in [6.45, 7) is 29.7. The van der Waals surface area contributed by atoms with Crippen LogP contribution in [0.5, 0.6) is 0 Å². The maximum absolute atomic E-state index is 11.4. The van der Waals surface area contributed by atoms with Gasteiger partial charge in [0.05, 0.1) is 33.0 Å². The zero-order valence-corrected chi connectivity index (χ0v) is 89.4. The summed E-state index contributed by atoms with van der Waals surface area (Å²) in [6.07, 6.45) is 71.1. The van der Waals surface area contributed by atoms with E-state index in [1.54, 1.807) is 20.8 Å². The van der Waals surface area contributed by atoms with Gasteiger partial charge in [-0.25, -0.2) is 0 Å². The van der Waals surface area contributed by atoms with Gasteiger partial charge in [-0.3, -0.25) is 38.4 Å². The molecular weight excluding hydrogens is 1790 g/mol. The van der Waals surface area contributed by atoms with Gasteiger partial charge in [0, 0.05) is 67.2 Å². The van der Waals surface area contributed by atoms with Crippen LogP contribution in [0.3, 0.4) is 0 Å². The van der Waals surface area contributed by atoms with Crippen molar-refractivity contribution >= 4 is 47.8 Å². The average Bonchev–Trinajstić information content (AvgIpc) is 1.53. The molecule has 0 N–H and O–H groups in total. The maximum atomic E-state index is 11.4. The Morgan fingerprint density at radius 2 is 0.472 bits per heavy atom. The van der Waals surface area contributed by atoms with Gasteiger partial charge in [0.1, 0.15) is 18.3 Å². The molecule has 16 nitrogen and oxygen atoms in total. The molecule has 144 heavy (non-hydrogen) atoms. The fourth-order valence-electron chi connectivity index (χ4n) is 47.8. The first-order valence-electron chi connectivity index (χ1n) is 60.2. The van der Waals surface area contributed by atoms with E-state index in [4.69, 9.17) is 37.9 Å². The van der Waals surface area contributed by atoms with Crippen LogP contribution in [0.2, 0.25) is 0 Å². The molecule has 0 amide bonds. The van der Waals surface area contributed by atoms with Crippen molar-refractivity contribution in [1.82, 2.24) is 0 Å². The summed E-state index contributed by atoms with van der Waals surface area (Å²) in [5.74, 6) is 49.4. The second-order valence-corrected chi connectivity index (χ2v) is 55.2. The fourth-order valence-corrected chi connectivity index (χ4v) is 47.8. The monoisotopic (exact) mass is 1970 g/mol. The fraction of sp³-hybridized carbons (Fsp3) is 0.812. The van der Waals surface area contributed by atoms with Crippen LogP contribution >= 0.6 is 0 Å². The first-order chi connectivity index (χ1) is 69.6. The van der Waals surface area contributed by atoms with Crippen LogP contribution in [-0.4, -0.2) is 99.1 Å². The normalized spacial score (nSPS) is 54.0. The first-order valence-corrected chi connectivity index (χ1v) is 60.2. The summed E-state index contributed by atoms with van der Waals surface area (Å²) in [5.41, 5.74) is 0. The summed E-state index contributed by atoms with van der Waals surface area (Å²) in [7, 11) is 0. The molecule has 24 saturated carbocycles. The minimum atomic E-state index is -0.128. The molecule has 784 valence electrons. The van der Waals surface area contributed by atoms with Crippen LogP contribution in [0.4, 0.5) is 0 Å². The van der Waals surface area contributed by atoms with Crippen molar-refractivity contribution in [3.63, 3.8) is 0 Å². The molecule has 0 radical (unpaired) electrons. The Bertz CT molecular complexity index is 5130. The number of fused-ring (bicyclic) bond motifs is 72. The van der Waals surface area contributed by atoms with E-state index in [1.165, 1.54) is 163 Å². The molecule has 32 bridgehead atoms. The largest absolute Gasteiger partial charge is 0.466 e. The molecule has 0 spiro atoms. The summed E-state index contributed by atoms with van der Waals surface area (Å²) in [6, 6.07) is 0. The number of carbonyl (C=O) groups excluding carboxylic acids is 8. The smallest absolute Gasteiger partial charge is 0.302 e. The van der Waals surface area contributed by atoms with E-state index in [-0.39, 0.29) is 66.1 Å². The SMILES string of the molecule is CC(=O)OC1C(C)C2CC1C1C3C=CC(C3)C21.CC(=O)OC1CC2CC1C1C3C=CC(C3)C21.CC(=O)OCC1C(C)C2CC1C1C3C=CC(C3)C21.CC(=O)OCC1CC2CC1C1C3C=CC(C3)C21.CC(=O)OCCC1C(C)C2CC1C1C3C=CC(C3)C21.CCC1C(CCOC(C)=O)C2CC1C1C3C=CC(C3)C21.CCC1C(COC(C)=O)C2CC1C1C3C=CC(C3)C21.CCC1C2CC(C1OC(C)=O)C1C3C=CC(C3)C21. The summed E-state index contributed by atoms with van der Waals surface area (Å²) in [5, 5.41) is 0. The van der Waals surface area contributed by atoms with E-state index >= 15 is 0 Å². The first kappa shape index (κ1) is 98.4. The Labute approximate surface area is 861 Å². The van der Waals surface area contributed by atoms with Crippen LogP contribution in [0.15, 0.2) is 97.2 Å². The van der Waals surface area contributed by atoms with Crippen molar-refractivity contribution in [2.45, 2.75) is 263 Å². The highest BCUT2D eigenvalue weighted by Crippen LogP contribution is 2.77. The van der Waals surface area contributed by atoms with Gasteiger partial charge in [0.15, 0.2) is 0 Å². The molecule has 32 rings (SSSR count). The molecular formula is C128H176O16. The van der Waals surface area contributed by atoms with Crippen molar-refractivity contribution in [3.8, 4) is 0 Å². The van der Waals surface area contributed by atoms with Crippen molar-refractivity contribution in [3.05, 3.63) is 97.2 Å². The molecule has 0 heterocycles. The molecule has 62 atom stereocenters. The second kappa shape index (κ2) is 38.5. The third-order valence-corrected chi connectivity index (χ3v) is 50.7. The minimum absolute atomic E-state index is 0.0822. The quantitative estimate of drug-likeness (QED) is 0.0540. The van der Waals surface area contributed by atoms with Crippen molar-refractivity contribution in [1.29, 1.82) is 0 Å².